The van der Waals surface area contributed by atoms with E-state index in [1.165, 1.54) is 0 Å². The zero-order chi connectivity index (χ0) is 16.8. The monoisotopic (exact) mass is 318 g/mol. The SMILES string of the molecule is CCCOc1ccc(CNC(=O)[C@H]2CCN(C(C)=O)C2)c(C)c1. The summed E-state index contributed by atoms with van der Waals surface area (Å²) in [7, 11) is 0. The number of nitrogens with one attached hydrogen (secondary N) is 1. The molecule has 126 valence electrons. The van der Waals surface area contributed by atoms with Gasteiger partial charge in [-0.1, -0.05) is 13.0 Å². The summed E-state index contributed by atoms with van der Waals surface area (Å²) in [4.78, 5) is 25.3. The molecule has 1 N–H and O–H groups in total. The second-order valence-corrected chi connectivity index (χ2v) is 6.11. The van der Waals surface area contributed by atoms with Crippen molar-refractivity contribution in [1.82, 2.24) is 10.2 Å². The summed E-state index contributed by atoms with van der Waals surface area (Å²) in [6.45, 7) is 8.07. The molecule has 1 heterocycles. The van der Waals surface area contributed by atoms with Crippen molar-refractivity contribution >= 4 is 11.8 Å². The molecule has 1 saturated heterocycles. The maximum Gasteiger partial charge on any atom is 0.225 e. The van der Waals surface area contributed by atoms with Gasteiger partial charge in [0.15, 0.2) is 0 Å². The molecule has 2 amide bonds. The van der Waals surface area contributed by atoms with E-state index in [2.05, 4.69) is 12.2 Å². The van der Waals surface area contributed by atoms with Crippen molar-refractivity contribution in [2.24, 2.45) is 5.92 Å². The molecule has 1 aromatic carbocycles. The van der Waals surface area contributed by atoms with E-state index in [0.717, 1.165) is 29.7 Å². The minimum Gasteiger partial charge on any atom is -0.494 e. The topological polar surface area (TPSA) is 58.6 Å². The Morgan fingerprint density at radius 3 is 2.78 bits per heavy atom. The number of amides is 2. The minimum atomic E-state index is -0.0913. The molecule has 1 aliphatic heterocycles. The first-order valence-corrected chi connectivity index (χ1v) is 8.26. The second-order valence-electron chi connectivity index (χ2n) is 6.11. The molecule has 5 heteroatoms. The van der Waals surface area contributed by atoms with Crippen LogP contribution in [-0.4, -0.2) is 36.4 Å². The van der Waals surface area contributed by atoms with E-state index in [-0.39, 0.29) is 17.7 Å². The van der Waals surface area contributed by atoms with Gasteiger partial charge < -0.3 is 15.0 Å². The largest absolute Gasteiger partial charge is 0.494 e. The Bertz CT molecular complexity index is 571. The van der Waals surface area contributed by atoms with Crippen LogP contribution in [0.2, 0.25) is 0 Å². The third-order valence-electron chi connectivity index (χ3n) is 4.24. The average molecular weight is 318 g/mol. The molecule has 0 saturated carbocycles. The third-order valence-corrected chi connectivity index (χ3v) is 4.24. The lowest BCUT2D eigenvalue weighted by Gasteiger charge is -2.15. The highest BCUT2D eigenvalue weighted by atomic mass is 16.5. The molecular weight excluding hydrogens is 292 g/mol. The first kappa shape index (κ1) is 17.3. The van der Waals surface area contributed by atoms with Crippen molar-refractivity contribution in [3.05, 3.63) is 29.3 Å². The van der Waals surface area contributed by atoms with E-state index >= 15 is 0 Å². The maximum atomic E-state index is 12.2. The van der Waals surface area contributed by atoms with E-state index < -0.39 is 0 Å². The number of aryl methyl sites for hydroxylation is 1. The Balaban J connectivity index is 1.86. The van der Waals surface area contributed by atoms with Crippen LogP contribution in [0.3, 0.4) is 0 Å². The number of carbonyl (C=O) groups is 2. The molecule has 0 unspecified atom stereocenters. The van der Waals surface area contributed by atoms with E-state index in [4.69, 9.17) is 4.74 Å². The standard InChI is InChI=1S/C18H26N2O3/c1-4-9-23-17-6-5-15(13(2)10-17)11-19-18(22)16-7-8-20(12-16)14(3)21/h5-6,10,16H,4,7-9,11-12H2,1-3H3,(H,19,22)/t16-/m0/s1. The number of ether oxygens (including phenoxy) is 1. The minimum absolute atomic E-state index is 0.0273. The van der Waals surface area contributed by atoms with Crippen molar-refractivity contribution in [3.63, 3.8) is 0 Å². The predicted octanol–water partition coefficient (Wildman–Crippen LogP) is 2.27. The Morgan fingerprint density at radius 2 is 2.17 bits per heavy atom. The highest BCUT2D eigenvalue weighted by Gasteiger charge is 2.29. The van der Waals surface area contributed by atoms with Crippen LogP contribution in [0.5, 0.6) is 5.75 Å². The molecule has 0 radical (unpaired) electrons. The van der Waals surface area contributed by atoms with Gasteiger partial charge in [-0.3, -0.25) is 9.59 Å². The fourth-order valence-electron chi connectivity index (χ4n) is 2.76. The van der Waals surface area contributed by atoms with Crippen molar-refractivity contribution < 1.29 is 14.3 Å². The van der Waals surface area contributed by atoms with Crippen LogP contribution in [0.15, 0.2) is 18.2 Å². The number of likely N-dealkylation sites (tertiary alicyclic amines) is 1. The Labute approximate surface area is 138 Å². The van der Waals surface area contributed by atoms with Crippen LogP contribution >= 0.6 is 0 Å². The Hall–Kier alpha value is -2.04. The summed E-state index contributed by atoms with van der Waals surface area (Å²) in [6, 6.07) is 5.94. The van der Waals surface area contributed by atoms with Gasteiger partial charge >= 0.3 is 0 Å². The van der Waals surface area contributed by atoms with Crippen LogP contribution < -0.4 is 10.1 Å². The molecule has 1 aromatic rings. The van der Waals surface area contributed by atoms with Gasteiger partial charge in [-0.05, 0) is 43.0 Å². The number of rotatable bonds is 6. The van der Waals surface area contributed by atoms with Crippen LogP contribution in [0.25, 0.3) is 0 Å². The maximum absolute atomic E-state index is 12.2. The van der Waals surface area contributed by atoms with Gasteiger partial charge in [-0.25, -0.2) is 0 Å². The molecular formula is C18H26N2O3. The molecule has 0 spiro atoms. The summed E-state index contributed by atoms with van der Waals surface area (Å²) in [5.74, 6) is 0.844. The first-order valence-electron chi connectivity index (χ1n) is 8.26. The molecule has 5 nitrogen and oxygen atoms in total. The van der Waals surface area contributed by atoms with Crippen LogP contribution in [0, 0.1) is 12.8 Å². The summed E-state index contributed by atoms with van der Waals surface area (Å²) < 4.78 is 5.61. The van der Waals surface area contributed by atoms with E-state index in [1.807, 2.05) is 25.1 Å². The van der Waals surface area contributed by atoms with Crippen molar-refractivity contribution in [3.8, 4) is 5.75 Å². The first-order chi connectivity index (χ1) is 11.0. The van der Waals surface area contributed by atoms with Crippen LogP contribution in [0.4, 0.5) is 0 Å². The third kappa shape index (κ3) is 4.71. The number of carbonyl (C=O) groups excluding carboxylic acids is 2. The fourth-order valence-corrected chi connectivity index (χ4v) is 2.76. The van der Waals surface area contributed by atoms with Crippen molar-refractivity contribution in [2.45, 2.75) is 40.2 Å². The fraction of sp³-hybridized carbons (Fsp3) is 0.556. The quantitative estimate of drug-likeness (QED) is 0.875. The number of nitrogens with zero attached hydrogens (tertiary/aromatic N) is 1. The van der Waals surface area contributed by atoms with E-state index in [0.29, 0.717) is 26.2 Å². The van der Waals surface area contributed by atoms with Gasteiger partial charge in [0, 0.05) is 26.6 Å². The normalized spacial score (nSPS) is 17.2. The zero-order valence-electron chi connectivity index (χ0n) is 14.2. The highest BCUT2D eigenvalue weighted by molar-refractivity contribution is 5.81. The molecule has 0 aromatic heterocycles. The molecule has 1 aliphatic rings. The smallest absolute Gasteiger partial charge is 0.225 e. The molecule has 2 rings (SSSR count). The molecule has 1 atom stereocenters. The summed E-state index contributed by atoms with van der Waals surface area (Å²) >= 11 is 0. The van der Waals surface area contributed by atoms with E-state index in [9.17, 15) is 9.59 Å². The molecule has 0 aliphatic carbocycles. The van der Waals surface area contributed by atoms with Crippen molar-refractivity contribution in [2.75, 3.05) is 19.7 Å². The van der Waals surface area contributed by atoms with Gasteiger partial charge in [0.2, 0.25) is 11.8 Å². The molecule has 23 heavy (non-hydrogen) atoms. The summed E-state index contributed by atoms with van der Waals surface area (Å²) in [5.41, 5.74) is 2.19. The van der Waals surface area contributed by atoms with Gasteiger partial charge in [0.25, 0.3) is 0 Å². The molecule has 1 fully saturated rings. The van der Waals surface area contributed by atoms with Gasteiger partial charge in [-0.15, -0.1) is 0 Å². The zero-order valence-corrected chi connectivity index (χ0v) is 14.2. The van der Waals surface area contributed by atoms with E-state index in [1.54, 1.807) is 11.8 Å². The van der Waals surface area contributed by atoms with Crippen molar-refractivity contribution in [1.29, 1.82) is 0 Å². The predicted molar refractivity (Wildman–Crippen MR) is 89.2 cm³/mol. The van der Waals surface area contributed by atoms with Crippen LogP contribution in [-0.2, 0) is 16.1 Å². The Morgan fingerprint density at radius 1 is 1.39 bits per heavy atom. The number of hydrogen-bond acceptors (Lipinski definition) is 3. The van der Waals surface area contributed by atoms with Gasteiger partial charge in [0.05, 0.1) is 12.5 Å². The average Bonchev–Trinajstić information content (AvgIpc) is 3.02. The van der Waals surface area contributed by atoms with Crippen LogP contribution in [0.1, 0.15) is 37.8 Å². The molecule has 0 bridgehead atoms. The Kier molecular flexibility index (Phi) is 6.02. The van der Waals surface area contributed by atoms with Gasteiger partial charge in [-0.2, -0.15) is 0 Å². The lowest BCUT2D eigenvalue weighted by Crippen LogP contribution is -2.33. The lowest BCUT2D eigenvalue weighted by atomic mass is 10.1. The summed E-state index contributed by atoms with van der Waals surface area (Å²) in [6.07, 6.45) is 1.73. The number of benzene rings is 1. The van der Waals surface area contributed by atoms with Gasteiger partial charge in [0.1, 0.15) is 5.75 Å². The lowest BCUT2D eigenvalue weighted by molar-refractivity contribution is -0.128. The highest BCUT2D eigenvalue weighted by Crippen LogP contribution is 2.19. The number of hydrogen-bond donors (Lipinski definition) is 1. The summed E-state index contributed by atoms with van der Waals surface area (Å²) in [5, 5.41) is 2.99. The second kappa shape index (κ2) is 7.99.